The first-order valence-corrected chi connectivity index (χ1v) is 6.43. The number of hydrogen-bond donors (Lipinski definition) is 1. The van der Waals surface area contributed by atoms with Crippen LogP contribution in [0.4, 0.5) is 8.78 Å². The van der Waals surface area contributed by atoms with Crippen molar-refractivity contribution in [3.63, 3.8) is 0 Å². The van der Waals surface area contributed by atoms with Crippen LogP contribution in [0.5, 0.6) is 0 Å². The zero-order valence-electron chi connectivity index (χ0n) is 10.5. The average molecular weight is 282 g/mol. The van der Waals surface area contributed by atoms with Crippen LogP contribution in [0, 0.1) is 11.6 Å². The molecule has 0 radical (unpaired) electrons. The first-order valence-electron chi connectivity index (χ1n) is 6.05. The molecule has 0 heterocycles. The highest BCUT2D eigenvalue weighted by molar-refractivity contribution is 6.30. The maximum absolute atomic E-state index is 13.9. The van der Waals surface area contributed by atoms with Crippen molar-refractivity contribution in [3.8, 4) is 11.1 Å². The van der Waals surface area contributed by atoms with Gasteiger partial charge in [-0.05, 0) is 41.9 Å². The Labute approximate surface area is 116 Å². The van der Waals surface area contributed by atoms with Crippen LogP contribution >= 0.6 is 11.6 Å². The van der Waals surface area contributed by atoms with E-state index in [1.807, 2.05) is 6.92 Å². The molecular weight excluding hydrogens is 268 g/mol. The van der Waals surface area contributed by atoms with Crippen molar-refractivity contribution in [2.24, 2.45) is 0 Å². The van der Waals surface area contributed by atoms with Gasteiger partial charge in [0.1, 0.15) is 11.6 Å². The van der Waals surface area contributed by atoms with Crippen molar-refractivity contribution in [1.82, 2.24) is 5.32 Å². The van der Waals surface area contributed by atoms with Crippen LogP contribution in [0.15, 0.2) is 36.4 Å². The topological polar surface area (TPSA) is 12.0 Å². The van der Waals surface area contributed by atoms with E-state index >= 15 is 0 Å². The monoisotopic (exact) mass is 281 g/mol. The van der Waals surface area contributed by atoms with E-state index in [1.165, 1.54) is 18.2 Å². The minimum Gasteiger partial charge on any atom is -0.313 e. The Hall–Kier alpha value is -1.45. The summed E-state index contributed by atoms with van der Waals surface area (Å²) in [6.07, 6.45) is 0. The fraction of sp³-hybridized carbons (Fsp3) is 0.200. The third-order valence-corrected chi connectivity index (χ3v) is 3.03. The van der Waals surface area contributed by atoms with Gasteiger partial charge < -0.3 is 5.32 Å². The zero-order valence-corrected chi connectivity index (χ0v) is 11.3. The lowest BCUT2D eigenvalue weighted by Crippen LogP contribution is -2.12. The summed E-state index contributed by atoms with van der Waals surface area (Å²) in [5, 5.41) is 3.36. The largest absolute Gasteiger partial charge is 0.313 e. The van der Waals surface area contributed by atoms with E-state index in [9.17, 15) is 8.78 Å². The second-order valence-corrected chi connectivity index (χ2v) is 4.68. The van der Waals surface area contributed by atoms with Gasteiger partial charge in [0, 0.05) is 17.1 Å². The van der Waals surface area contributed by atoms with Gasteiger partial charge >= 0.3 is 0 Å². The van der Waals surface area contributed by atoms with E-state index in [0.29, 0.717) is 28.3 Å². The Balaban J connectivity index is 2.33. The van der Waals surface area contributed by atoms with Gasteiger partial charge in [-0.15, -0.1) is 0 Å². The number of halogens is 3. The van der Waals surface area contributed by atoms with Gasteiger partial charge in [0.15, 0.2) is 0 Å². The van der Waals surface area contributed by atoms with Gasteiger partial charge in [-0.1, -0.05) is 30.7 Å². The molecule has 0 saturated carbocycles. The molecule has 0 saturated heterocycles. The molecular formula is C15H14ClF2N. The predicted octanol–water partition coefficient (Wildman–Crippen LogP) is 4.39. The van der Waals surface area contributed by atoms with Gasteiger partial charge in [-0.3, -0.25) is 0 Å². The molecule has 4 heteroatoms. The van der Waals surface area contributed by atoms with Crippen LogP contribution in [0.2, 0.25) is 5.02 Å². The van der Waals surface area contributed by atoms with Gasteiger partial charge in [-0.25, -0.2) is 8.78 Å². The molecule has 0 aromatic heterocycles. The van der Waals surface area contributed by atoms with Crippen LogP contribution in [0.3, 0.4) is 0 Å². The molecule has 0 aliphatic rings. The fourth-order valence-electron chi connectivity index (χ4n) is 1.85. The van der Waals surface area contributed by atoms with Crippen molar-refractivity contribution in [2.75, 3.05) is 6.54 Å². The lowest BCUT2D eigenvalue weighted by atomic mass is 10.0. The fourth-order valence-corrected chi connectivity index (χ4v) is 2.07. The standard InChI is InChI=1S/C15H14ClF2N/c1-2-19-9-11-4-3-10(7-15(11)18)12-5-13(16)8-14(17)6-12/h3-8,19H,2,9H2,1H3. The number of hydrogen-bond acceptors (Lipinski definition) is 1. The van der Waals surface area contributed by atoms with Crippen LogP contribution in [0.25, 0.3) is 11.1 Å². The van der Waals surface area contributed by atoms with Gasteiger partial charge in [0.25, 0.3) is 0 Å². The molecule has 2 rings (SSSR count). The Bertz CT molecular complexity index is 564. The van der Waals surface area contributed by atoms with Crippen molar-refractivity contribution in [2.45, 2.75) is 13.5 Å². The first-order chi connectivity index (χ1) is 9.10. The number of nitrogens with one attached hydrogen (secondary N) is 1. The quantitative estimate of drug-likeness (QED) is 0.876. The molecule has 0 aliphatic carbocycles. The molecule has 0 atom stereocenters. The van der Waals surface area contributed by atoms with Crippen LogP contribution in [-0.4, -0.2) is 6.54 Å². The summed E-state index contributed by atoms with van der Waals surface area (Å²) >= 11 is 5.80. The van der Waals surface area contributed by atoms with Gasteiger partial charge in [0.05, 0.1) is 0 Å². The van der Waals surface area contributed by atoms with Crippen LogP contribution in [-0.2, 0) is 6.54 Å². The minimum atomic E-state index is -0.431. The summed E-state index contributed by atoms with van der Waals surface area (Å²) in [5.41, 5.74) is 1.77. The van der Waals surface area contributed by atoms with E-state index < -0.39 is 5.82 Å². The molecule has 0 bridgehead atoms. The second-order valence-electron chi connectivity index (χ2n) is 4.24. The third kappa shape index (κ3) is 3.52. The van der Waals surface area contributed by atoms with E-state index in [4.69, 9.17) is 11.6 Å². The second kappa shape index (κ2) is 6.13. The lowest BCUT2D eigenvalue weighted by molar-refractivity contribution is 0.594. The maximum atomic E-state index is 13.9. The van der Waals surface area contributed by atoms with E-state index in [0.717, 1.165) is 6.54 Å². The van der Waals surface area contributed by atoms with Crippen molar-refractivity contribution >= 4 is 11.6 Å². The van der Waals surface area contributed by atoms with Crippen molar-refractivity contribution in [3.05, 3.63) is 58.6 Å². The highest BCUT2D eigenvalue weighted by Gasteiger charge is 2.07. The summed E-state index contributed by atoms with van der Waals surface area (Å²) in [4.78, 5) is 0. The minimum absolute atomic E-state index is 0.298. The molecule has 0 unspecified atom stereocenters. The molecule has 2 aromatic carbocycles. The molecule has 0 fully saturated rings. The van der Waals surface area contributed by atoms with Crippen molar-refractivity contribution in [1.29, 1.82) is 0 Å². The first kappa shape index (κ1) is 14.0. The van der Waals surface area contributed by atoms with Crippen molar-refractivity contribution < 1.29 is 8.78 Å². The van der Waals surface area contributed by atoms with E-state index in [1.54, 1.807) is 18.2 Å². The van der Waals surface area contributed by atoms with Crippen LogP contribution < -0.4 is 5.32 Å². The third-order valence-electron chi connectivity index (χ3n) is 2.81. The Morgan fingerprint density at radius 2 is 1.84 bits per heavy atom. The van der Waals surface area contributed by atoms with Gasteiger partial charge in [-0.2, -0.15) is 0 Å². The molecule has 0 amide bonds. The Morgan fingerprint density at radius 3 is 2.47 bits per heavy atom. The Kier molecular flexibility index (Phi) is 4.51. The van der Waals surface area contributed by atoms with E-state index in [-0.39, 0.29) is 5.82 Å². The zero-order chi connectivity index (χ0) is 13.8. The molecule has 100 valence electrons. The SMILES string of the molecule is CCNCc1ccc(-c2cc(F)cc(Cl)c2)cc1F. The summed E-state index contributed by atoms with van der Waals surface area (Å²) in [6, 6.07) is 9.04. The maximum Gasteiger partial charge on any atom is 0.128 e. The molecule has 19 heavy (non-hydrogen) atoms. The molecule has 1 N–H and O–H groups in total. The summed E-state index contributed by atoms with van der Waals surface area (Å²) in [5.74, 6) is -0.738. The van der Waals surface area contributed by atoms with Crippen LogP contribution in [0.1, 0.15) is 12.5 Å². The molecule has 2 aromatic rings. The van der Waals surface area contributed by atoms with E-state index in [2.05, 4.69) is 5.32 Å². The molecule has 0 spiro atoms. The normalized spacial score (nSPS) is 10.7. The summed E-state index contributed by atoms with van der Waals surface area (Å²) in [7, 11) is 0. The Morgan fingerprint density at radius 1 is 1.05 bits per heavy atom. The average Bonchev–Trinajstić information content (AvgIpc) is 2.36. The number of benzene rings is 2. The molecule has 1 nitrogen and oxygen atoms in total. The highest BCUT2D eigenvalue weighted by atomic mass is 35.5. The predicted molar refractivity (Wildman–Crippen MR) is 74.2 cm³/mol. The lowest BCUT2D eigenvalue weighted by Gasteiger charge is -2.07. The summed E-state index contributed by atoms with van der Waals surface area (Å²) in [6.45, 7) is 3.22. The molecule has 0 aliphatic heterocycles. The number of rotatable bonds is 4. The highest BCUT2D eigenvalue weighted by Crippen LogP contribution is 2.26. The summed E-state index contributed by atoms with van der Waals surface area (Å²) < 4.78 is 27.2. The van der Waals surface area contributed by atoms with Gasteiger partial charge in [0.2, 0.25) is 0 Å². The smallest absolute Gasteiger partial charge is 0.128 e.